The number of halogens is 1. The second kappa shape index (κ2) is 6.16. The first kappa shape index (κ1) is 16.4. The molecular weight excluding hydrogens is 364 g/mol. The number of ether oxygens (including phenoxy) is 1. The number of nitrogens with zero attached hydrogens (tertiary/aromatic N) is 3. The van der Waals surface area contributed by atoms with E-state index in [1.165, 1.54) is 12.8 Å². The van der Waals surface area contributed by atoms with Crippen molar-refractivity contribution >= 4 is 45.6 Å². The molecule has 0 spiro atoms. The van der Waals surface area contributed by atoms with Gasteiger partial charge in [-0.3, -0.25) is 4.79 Å². The molecule has 2 aliphatic rings. The Balaban J connectivity index is 1.47. The molecule has 0 saturated heterocycles. The van der Waals surface area contributed by atoms with E-state index in [2.05, 4.69) is 14.9 Å². The summed E-state index contributed by atoms with van der Waals surface area (Å²) in [6, 6.07) is 9.62. The summed E-state index contributed by atoms with van der Waals surface area (Å²) in [6.45, 7) is 1.06. The van der Waals surface area contributed by atoms with Crippen molar-refractivity contribution in [1.29, 1.82) is 0 Å². The normalized spacial score (nSPS) is 16.4. The van der Waals surface area contributed by atoms with Crippen LogP contribution in [0.3, 0.4) is 0 Å². The highest BCUT2D eigenvalue weighted by atomic mass is 35.5. The number of hydrogen-bond acceptors (Lipinski definition) is 4. The van der Waals surface area contributed by atoms with Crippen LogP contribution >= 0.6 is 11.6 Å². The van der Waals surface area contributed by atoms with E-state index in [9.17, 15) is 4.79 Å². The molecule has 1 aliphatic carbocycles. The van der Waals surface area contributed by atoms with Gasteiger partial charge in [-0.25, -0.2) is 4.98 Å². The van der Waals surface area contributed by atoms with Crippen LogP contribution in [0, 0.1) is 5.92 Å². The Kier molecular flexibility index (Phi) is 3.75. The van der Waals surface area contributed by atoms with E-state index < -0.39 is 0 Å². The number of aromatic nitrogens is 2. The number of carbonyl (C=O) groups is 1. The number of fused-ring (bicyclic) bond motifs is 2. The van der Waals surface area contributed by atoms with Crippen LogP contribution in [-0.2, 0) is 11.3 Å². The van der Waals surface area contributed by atoms with Gasteiger partial charge in [0.05, 0.1) is 33.8 Å². The molecule has 0 unspecified atom stereocenters. The van der Waals surface area contributed by atoms with Crippen LogP contribution in [-0.4, -0.2) is 29.1 Å². The number of nitrogens with one attached hydrogen (secondary N) is 1. The Bertz CT molecular complexity index is 1060. The zero-order valence-corrected chi connectivity index (χ0v) is 15.7. The second-order valence-corrected chi connectivity index (χ2v) is 7.62. The summed E-state index contributed by atoms with van der Waals surface area (Å²) in [6.07, 6.45) is 4.48. The van der Waals surface area contributed by atoms with Gasteiger partial charge < -0.3 is 19.5 Å². The van der Waals surface area contributed by atoms with Crippen molar-refractivity contribution < 1.29 is 9.53 Å². The van der Waals surface area contributed by atoms with Gasteiger partial charge in [0.25, 0.3) is 5.91 Å². The first-order valence-electron chi connectivity index (χ1n) is 9.03. The summed E-state index contributed by atoms with van der Waals surface area (Å²) >= 11 is 6.47. The third kappa shape index (κ3) is 3.00. The van der Waals surface area contributed by atoms with E-state index >= 15 is 0 Å². The van der Waals surface area contributed by atoms with Crippen LogP contribution < -0.4 is 15.0 Å². The monoisotopic (exact) mass is 382 g/mol. The van der Waals surface area contributed by atoms with Crippen molar-refractivity contribution in [1.82, 2.24) is 9.55 Å². The van der Waals surface area contributed by atoms with Gasteiger partial charge in [-0.05, 0) is 43.0 Å². The third-order valence-electron chi connectivity index (χ3n) is 5.19. The number of carbonyl (C=O) groups excluding carboxylic acids is 1. The Morgan fingerprint density at radius 2 is 2.15 bits per heavy atom. The average Bonchev–Trinajstić information content (AvgIpc) is 3.40. The molecule has 1 N–H and O–H groups in total. The van der Waals surface area contributed by atoms with E-state index in [4.69, 9.17) is 16.3 Å². The molecule has 1 saturated carbocycles. The van der Waals surface area contributed by atoms with Crippen molar-refractivity contribution in [3.05, 3.63) is 41.7 Å². The van der Waals surface area contributed by atoms with Crippen LogP contribution in [0.2, 0.25) is 5.02 Å². The number of likely N-dealkylation sites (N-methyl/N-ethyl adjacent to an activating group) is 1. The lowest BCUT2D eigenvalue weighted by Crippen LogP contribution is -2.35. The number of anilines is 3. The summed E-state index contributed by atoms with van der Waals surface area (Å²) in [5, 5.41) is 3.99. The maximum Gasteiger partial charge on any atom is 0.264 e. The Labute approximate surface area is 161 Å². The summed E-state index contributed by atoms with van der Waals surface area (Å²) < 4.78 is 7.76. The molecule has 1 aliphatic heterocycles. The minimum Gasteiger partial charge on any atom is -0.481 e. The van der Waals surface area contributed by atoms with Crippen molar-refractivity contribution in [3.63, 3.8) is 0 Å². The molecule has 2 aromatic carbocycles. The molecule has 2 heterocycles. The summed E-state index contributed by atoms with van der Waals surface area (Å²) in [7, 11) is 1.75. The number of imidazole rings is 1. The molecule has 1 aromatic heterocycles. The second-order valence-electron chi connectivity index (χ2n) is 7.21. The zero-order valence-electron chi connectivity index (χ0n) is 14.9. The van der Waals surface area contributed by atoms with Gasteiger partial charge in [-0.15, -0.1) is 0 Å². The fourth-order valence-corrected chi connectivity index (χ4v) is 3.61. The third-order valence-corrected chi connectivity index (χ3v) is 5.50. The quantitative estimate of drug-likeness (QED) is 0.734. The standard InChI is InChI=1S/C20H19ClN4O2/c1-24-17-5-4-13(6-19(17)27-10-20(24)26)23-15-8-18-16(7-14(15)21)22-11-25(18)9-12-2-3-12/h4-8,11-12,23H,2-3,9-10H2,1H3. The van der Waals surface area contributed by atoms with Crippen LogP contribution in [0.4, 0.5) is 17.1 Å². The molecule has 27 heavy (non-hydrogen) atoms. The van der Waals surface area contributed by atoms with Gasteiger partial charge in [-0.2, -0.15) is 0 Å². The van der Waals surface area contributed by atoms with Gasteiger partial charge in [0.2, 0.25) is 0 Å². The van der Waals surface area contributed by atoms with Crippen LogP contribution in [0.1, 0.15) is 12.8 Å². The van der Waals surface area contributed by atoms with Gasteiger partial charge >= 0.3 is 0 Å². The maximum absolute atomic E-state index is 11.7. The van der Waals surface area contributed by atoms with E-state index in [0.29, 0.717) is 10.8 Å². The maximum atomic E-state index is 11.7. The van der Waals surface area contributed by atoms with Crippen LogP contribution in [0.5, 0.6) is 5.75 Å². The van der Waals surface area contributed by atoms with Crippen molar-refractivity contribution in [3.8, 4) is 5.75 Å². The smallest absolute Gasteiger partial charge is 0.264 e. The Morgan fingerprint density at radius 1 is 1.30 bits per heavy atom. The van der Waals surface area contributed by atoms with Crippen molar-refractivity contribution in [2.75, 3.05) is 23.9 Å². The molecule has 1 fully saturated rings. The Morgan fingerprint density at radius 3 is 2.96 bits per heavy atom. The molecule has 7 heteroatoms. The first-order valence-corrected chi connectivity index (χ1v) is 9.41. The van der Waals surface area contributed by atoms with Crippen molar-refractivity contribution in [2.45, 2.75) is 19.4 Å². The van der Waals surface area contributed by atoms with Crippen LogP contribution in [0.25, 0.3) is 11.0 Å². The zero-order chi connectivity index (χ0) is 18.5. The largest absolute Gasteiger partial charge is 0.481 e. The van der Waals surface area contributed by atoms with Gasteiger partial charge in [0.1, 0.15) is 5.75 Å². The fourth-order valence-electron chi connectivity index (χ4n) is 3.41. The van der Waals surface area contributed by atoms with Crippen LogP contribution in [0.15, 0.2) is 36.7 Å². The summed E-state index contributed by atoms with van der Waals surface area (Å²) in [5.41, 5.74) is 4.42. The molecule has 3 aromatic rings. The predicted octanol–water partition coefficient (Wildman–Crippen LogP) is 4.20. The molecule has 0 bridgehead atoms. The SMILES string of the molecule is CN1C(=O)COc2cc(Nc3cc4c(cc3Cl)ncn4CC3CC3)ccc21. The number of rotatable bonds is 4. The lowest BCUT2D eigenvalue weighted by molar-refractivity contribution is -0.120. The first-order chi connectivity index (χ1) is 13.1. The van der Waals surface area contributed by atoms with Gasteiger partial charge in [0.15, 0.2) is 6.61 Å². The molecule has 138 valence electrons. The highest BCUT2D eigenvalue weighted by Crippen LogP contribution is 2.37. The molecule has 6 nitrogen and oxygen atoms in total. The van der Waals surface area contributed by atoms with Crippen molar-refractivity contribution in [2.24, 2.45) is 5.92 Å². The molecule has 0 radical (unpaired) electrons. The number of amides is 1. The number of benzene rings is 2. The minimum absolute atomic E-state index is 0.0550. The molecular formula is C20H19ClN4O2. The van der Waals surface area contributed by atoms with E-state index in [0.717, 1.165) is 40.6 Å². The molecule has 0 atom stereocenters. The number of hydrogen-bond donors (Lipinski definition) is 1. The lowest BCUT2D eigenvalue weighted by atomic mass is 10.2. The van der Waals surface area contributed by atoms with E-state index in [-0.39, 0.29) is 12.5 Å². The lowest BCUT2D eigenvalue weighted by Gasteiger charge is -2.26. The highest BCUT2D eigenvalue weighted by molar-refractivity contribution is 6.34. The fraction of sp³-hybridized carbons (Fsp3) is 0.300. The summed E-state index contributed by atoms with van der Waals surface area (Å²) in [4.78, 5) is 17.8. The molecule has 1 amide bonds. The predicted molar refractivity (Wildman–Crippen MR) is 106 cm³/mol. The topological polar surface area (TPSA) is 59.4 Å². The average molecular weight is 383 g/mol. The van der Waals surface area contributed by atoms with E-state index in [1.54, 1.807) is 11.9 Å². The van der Waals surface area contributed by atoms with Gasteiger partial charge in [-0.1, -0.05) is 11.6 Å². The molecule has 5 rings (SSSR count). The van der Waals surface area contributed by atoms with Gasteiger partial charge in [0, 0.05) is 25.3 Å². The Hall–Kier alpha value is -2.73. The van der Waals surface area contributed by atoms with E-state index in [1.807, 2.05) is 36.7 Å². The highest BCUT2D eigenvalue weighted by Gasteiger charge is 2.23. The summed E-state index contributed by atoms with van der Waals surface area (Å²) in [5.74, 6) is 1.39. The minimum atomic E-state index is -0.0550.